The summed E-state index contributed by atoms with van der Waals surface area (Å²) < 4.78 is 1.07. The van der Waals surface area contributed by atoms with E-state index in [1.165, 1.54) is 0 Å². The Morgan fingerprint density at radius 1 is 1.46 bits per heavy atom. The third-order valence-electron chi connectivity index (χ3n) is 2.69. The Balaban J connectivity index is 2.44. The van der Waals surface area contributed by atoms with Crippen LogP contribution in [0.2, 0.25) is 0 Å². The van der Waals surface area contributed by atoms with Crippen molar-refractivity contribution < 1.29 is 5.11 Å². The number of hydrogen-bond donors (Lipinski definition) is 2. The Hall–Kier alpha value is -0.540. The standard InChI is InChI=1S/C10H12BrNO/c1-12-10(4-5-10)8-6-7(13)2-3-9(8)11/h2-3,6,12-13H,4-5H2,1H3. The van der Waals surface area contributed by atoms with E-state index < -0.39 is 0 Å². The highest BCUT2D eigenvalue weighted by Crippen LogP contribution is 2.48. The summed E-state index contributed by atoms with van der Waals surface area (Å²) in [5.74, 6) is 0.333. The van der Waals surface area contributed by atoms with E-state index in [0.717, 1.165) is 22.9 Å². The summed E-state index contributed by atoms with van der Waals surface area (Å²) >= 11 is 3.50. The van der Waals surface area contributed by atoms with E-state index in [2.05, 4.69) is 21.2 Å². The van der Waals surface area contributed by atoms with Crippen LogP contribution in [0.25, 0.3) is 0 Å². The smallest absolute Gasteiger partial charge is 0.116 e. The molecule has 2 N–H and O–H groups in total. The molecule has 70 valence electrons. The lowest BCUT2D eigenvalue weighted by molar-refractivity contribution is 0.471. The van der Waals surface area contributed by atoms with Crippen LogP contribution in [0.4, 0.5) is 0 Å². The predicted molar refractivity (Wildman–Crippen MR) is 55.8 cm³/mol. The van der Waals surface area contributed by atoms with Gasteiger partial charge in [-0.05, 0) is 43.7 Å². The fourth-order valence-electron chi connectivity index (χ4n) is 1.66. The number of phenols is 1. The molecule has 1 aromatic rings. The lowest BCUT2D eigenvalue weighted by atomic mass is 10.1. The second-order valence-corrected chi connectivity index (χ2v) is 4.35. The first-order valence-electron chi connectivity index (χ1n) is 4.36. The Kier molecular flexibility index (Phi) is 2.08. The lowest BCUT2D eigenvalue weighted by Crippen LogP contribution is -2.24. The van der Waals surface area contributed by atoms with Crippen LogP contribution in [0.3, 0.4) is 0 Å². The maximum absolute atomic E-state index is 9.38. The third kappa shape index (κ3) is 1.46. The molecule has 0 spiro atoms. The highest BCUT2D eigenvalue weighted by Gasteiger charge is 2.44. The molecule has 1 aliphatic rings. The van der Waals surface area contributed by atoms with Crippen molar-refractivity contribution in [2.75, 3.05) is 7.05 Å². The molecule has 0 radical (unpaired) electrons. The largest absolute Gasteiger partial charge is 0.508 e. The summed E-state index contributed by atoms with van der Waals surface area (Å²) in [7, 11) is 1.96. The van der Waals surface area contributed by atoms with Crippen LogP contribution in [0.15, 0.2) is 22.7 Å². The average molecular weight is 242 g/mol. The minimum Gasteiger partial charge on any atom is -0.508 e. The van der Waals surface area contributed by atoms with Gasteiger partial charge in [0.15, 0.2) is 0 Å². The minimum atomic E-state index is 0.109. The molecule has 2 rings (SSSR count). The average Bonchev–Trinajstić information content (AvgIpc) is 2.90. The van der Waals surface area contributed by atoms with Gasteiger partial charge in [0.2, 0.25) is 0 Å². The second kappa shape index (κ2) is 3.00. The van der Waals surface area contributed by atoms with Crippen LogP contribution < -0.4 is 5.32 Å². The summed E-state index contributed by atoms with van der Waals surface area (Å²) in [5.41, 5.74) is 1.27. The van der Waals surface area contributed by atoms with Crippen molar-refractivity contribution in [3.8, 4) is 5.75 Å². The summed E-state index contributed by atoms with van der Waals surface area (Å²) in [4.78, 5) is 0. The molecule has 1 saturated carbocycles. The van der Waals surface area contributed by atoms with Crippen LogP contribution in [0, 0.1) is 0 Å². The zero-order valence-electron chi connectivity index (χ0n) is 7.47. The van der Waals surface area contributed by atoms with Crippen LogP contribution in [0.1, 0.15) is 18.4 Å². The van der Waals surface area contributed by atoms with Gasteiger partial charge in [-0.15, -0.1) is 0 Å². The Labute approximate surface area is 86.1 Å². The zero-order valence-corrected chi connectivity index (χ0v) is 9.06. The lowest BCUT2D eigenvalue weighted by Gasteiger charge is -2.16. The number of rotatable bonds is 2. The van der Waals surface area contributed by atoms with Crippen molar-refractivity contribution in [3.63, 3.8) is 0 Å². The molecule has 0 aromatic heterocycles. The van der Waals surface area contributed by atoms with Gasteiger partial charge in [-0.3, -0.25) is 0 Å². The summed E-state index contributed by atoms with van der Waals surface area (Å²) in [6, 6.07) is 5.41. The SMILES string of the molecule is CNC1(c2cc(O)ccc2Br)CC1. The van der Waals surface area contributed by atoms with E-state index in [9.17, 15) is 5.11 Å². The fraction of sp³-hybridized carbons (Fsp3) is 0.400. The molecule has 0 atom stereocenters. The van der Waals surface area contributed by atoms with Gasteiger partial charge in [-0.25, -0.2) is 0 Å². The van der Waals surface area contributed by atoms with E-state index in [1.54, 1.807) is 6.07 Å². The maximum atomic E-state index is 9.38. The van der Waals surface area contributed by atoms with Gasteiger partial charge in [-0.1, -0.05) is 15.9 Å². The topological polar surface area (TPSA) is 32.3 Å². The first kappa shape index (κ1) is 9.03. The number of nitrogens with one attached hydrogen (secondary N) is 1. The number of benzene rings is 1. The van der Waals surface area contributed by atoms with E-state index in [0.29, 0.717) is 5.75 Å². The van der Waals surface area contributed by atoms with Gasteiger partial charge in [0.1, 0.15) is 5.75 Å². The van der Waals surface area contributed by atoms with Crippen molar-refractivity contribution in [2.24, 2.45) is 0 Å². The second-order valence-electron chi connectivity index (χ2n) is 3.50. The molecule has 1 aliphatic carbocycles. The molecule has 13 heavy (non-hydrogen) atoms. The molecule has 0 aliphatic heterocycles. The van der Waals surface area contributed by atoms with Crippen molar-refractivity contribution in [2.45, 2.75) is 18.4 Å². The number of aromatic hydroxyl groups is 1. The molecule has 2 nitrogen and oxygen atoms in total. The fourth-order valence-corrected chi connectivity index (χ4v) is 2.29. The van der Waals surface area contributed by atoms with Crippen molar-refractivity contribution in [1.82, 2.24) is 5.32 Å². The Bertz CT molecular complexity index is 334. The molecule has 0 heterocycles. The van der Waals surface area contributed by atoms with Gasteiger partial charge >= 0.3 is 0 Å². The van der Waals surface area contributed by atoms with Gasteiger partial charge in [0.25, 0.3) is 0 Å². The third-order valence-corrected chi connectivity index (χ3v) is 3.39. The van der Waals surface area contributed by atoms with Crippen molar-refractivity contribution in [3.05, 3.63) is 28.2 Å². The molecule has 0 bridgehead atoms. The van der Waals surface area contributed by atoms with E-state index in [4.69, 9.17) is 0 Å². The summed E-state index contributed by atoms with van der Waals surface area (Å²) in [6.45, 7) is 0. The monoisotopic (exact) mass is 241 g/mol. The zero-order chi connectivity index (χ0) is 9.47. The molecule has 1 fully saturated rings. The molecule has 0 unspecified atom stereocenters. The number of phenolic OH excluding ortho intramolecular Hbond substituents is 1. The minimum absolute atomic E-state index is 0.109. The first-order chi connectivity index (χ1) is 6.18. The van der Waals surface area contributed by atoms with Gasteiger partial charge in [-0.2, -0.15) is 0 Å². The molecular weight excluding hydrogens is 230 g/mol. The molecule has 1 aromatic carbocycles. The normalized spacial score (nSPS) is 18.6. The van der Waals surface area contributed by atoms with Gasteiger partial charge in [0.05, 0.1) is 0 Å². The number of halogens is 1. The Morgan fingerprint density at radius 3 is 2.69 bits per heavy atom. The van der Waals surface area contributed by atoms with E-state index >= 15 is 0 Å². The Morgan fingerprint density at radius 2 is 2.15 bits per heavy atom. The van der Waals surface area contributed by atoms with Crippen LogP contribution in [-0.2, 0) is 5.54 Å². The van der Waals surface area contributed by atoms with Crippen molar-refractivity contribution in [1.29, 1.82) is 0 Å². The van der Waals surface area contributed by atoms with Gasteiger partial charge < -0.3 is 10.4 Å². The quantitative estimate of drug-likeness (QED) is 0.834. The first-order valence-corrected chi connectivity index (χ1v) is 5.15. The summed E-state index contributed by atoms with van der Waals surface area (Å²) in [6.07, 6.45) is 2.29. The van der Waals surface area contributed by atoms with E-state index in [1.807, 2.05) is 19.2 Å². The van der Waals surface area contributed by atoms with Crippen LogP contribution >= 0.6 is 15.9 Å². The highest BCUT2D eigenvalue weighted by atomic mass is 79.9. The molecule has 3 heteroatoms. The molecule has 0 amide bonds. The van der Waals surface area contributed by atoms with E-state index in [-0.39, 0.29) is 5.54 Å². The van der Waals surface area contributed by atoms with Crippen LogP contribution in [-0.4, -0.2) is 12.2 Å². The molecule has 0 saturated heterocycles. The predicted octanol–water partition coefficient (Wildman–Crippen LogP) is 2.36. The van der Waals surface area contributed by atoms with Crippen molar-refractivity contribution >= 4 is 15.9 Å². The number of hydrogen-bond acceptors (Lipinski definition) is 2. The van der Waals surface area contributed by atoms with Gasteiger partial charge in [0, 0.05) is 10.0 Å². The maximum Gasteiger partial charge on any atom is 0.116 e. The van der Waals surface area contributed by atoms with Crippen LogP contribution in [0.5, 0.6) is 5.75 Å². The highest BCUT2D eigenvalue weighted by molar-refractivity contribution is 9.10. The summed E-state index contributed by atoms with van der Waals surface area (Å²) in [5, 5.41) is 12.7. The molecular formula is C10H12BrNO.